The number of aromatic nitrogens is 3. The van der Waals surface area contributed by atoms with Crippen LogP contribution in [0.2, 0.25) is 0 Å². The second-order valence-electron chi connectivity index (χ2n) is 15.5. The molecule has 0 unspecified atom stereocenters. The molecule has 0 N–H and O–H groups in total. The summed E-state index contributed by atoms with van der Waals surface area (Å²) in [6.07, 6.45) is 1.94. The van der Waals surface area contributed by atoms with Gasteiger partial charge in [0, 0.05) is 34.0 Å². The topological polar surface area (TPSA) is 41.9 Å². The van der Waals surface area contributed by atoms with Crippen molar-refractivity contribution >= 4 is 17.1 Å². The van der Waals surface area contributed by atoms with Gasteiger partial charge < -0.3 is 4.90 Å². The van der Waals surface area contributed by atoms with Crippen molar-refractivity contribution < 1.29 is 0 Å². The normalized spacial score (nSPS) is 12.6. The Morgan fingerprint density at radius 2 is 0.774 bits per heavy atom. The minimum Gasteiger partial charge on any atom is -0.307 e. The van der Waals surface area contributed by atoms with Crippen molar-refractivity contribution in [3.05, 3.63) is 265 Å². The highest BCUT2D eigenvalue weighted by Crippen LogP contribution is 2.59. The summed E-state index contributed by atoms with van der Waals surface area (Å²) in [5.74, 6) is 0.694. The van der Waals surface area contributed by atoms with E-state index in [0.717, 1.165) is 67.5 Å². The third-order valence-corrected chi connectivity index (χ3v) is 12.0. The Bertz CT molecular complexity index is 3010. The van der Waals surface area contributed by atoms with Crippen molar-refractivity contribution in [2.24, 2.45) is 0 Å². The third-order valence-electron chi connectivity index (χ3n) is 12.0. The molecule has 2 aromatic heterocycles. The van der Waals surface area contributed by atoms with Gasteiger partial charge in [-0.3, -0.25) is 4.98 Å². The molecule has 4 heteroatoms. The molecule has 292 valence electrons. The van der Waals surface area contributed by atoms with Crippen molar-refractivity contribution in [3.63, 3.8) is 0 Å². The van der Waals surface area contributed by atoms with Crippen molar-refractivity contribution in [2.45, 2.75) is 5.41 Å². The average Bonchev–Trinajstić information content (AvgIpc) is 3.37. The number of fused-ring (bicyclic) bond motifs is 2. The summed E-state index contributed by atoms with van der Waals surface area (Å²) >= 11 is 0. The molecule has 1 aliphatic rings. The molecule has 8 aromatic carbocycles. The first-order chi connectivity index (χ1) is 30.8. The summed E-state index contributed by atoms with van der Waals surface area (Å²) in [7, 11) is 0. The van der Waals surface area contributed by atoms with Gasteiger partial charge in [0.2, 0.25) is 0 Å². The van der Waals surface area contributed by atoms with E-state index in [0.29, 0.717) is 5.82 Å². The summed E-state index contributed by atoms with van der Waals surface area (Å²) in [6, 6.07) is 83.8. The van der Waals surface area contributed by atoms with Crippen LogP contribution in [0.25, 0.3) is 56.3 Å². The molecule has 0 aliphatic carbocycles. The van der Waals surface area contributed by atoms with Crippen molar-refractivity contribution in [1.82, 2.24) is 15.0 Å². The van der Waals surface area contributed by atoms with E-state index in [2.05, 4.69) is 205 Å². The third kappa shape index (κ3) is 6.29. The number of hydrogen-bond acceptors (Lipinski definition) is 4. The van der Waals surface area contributed by atoms with E-state index < -0.39 is 5.41 Å². The highest BCUT2D eigenvalue weighted by atomic mass is 15.2. The monoisotopic (exact) mass is 792 g/mol. The first kappa shape index (κ1) is 36.8. The van der Waals surface area contributed by atoms with Gasteiger partial charge >= 0.3 is 0 Å². The second kappa shape index (κ2) is 15.8. The average molecular weight is 793 g/mol. The molecule has 0 spiro atoms. The smallest absolute Gasteiger partial charge is 0.160 e. The van der Waals surface area contributed by atoms with E-state index in [1.807, 2.05) is 42.6 Å². The summed E-state index contributed by atoms with van der Waals surface area (Å²) in [5.41, 5.74) is 16.3. The molecule has 3 heterocycles. The fourth-order valence-corrected chi connectivity index (χ4v) is 9.26. The first-order valence-electron chi connectivity index (χ1n) is 21.0. The zero-order valence-electron chi connectivity index (χ0n) is 33.9. The highest BCUT2D eigenvalue weighted by Gasteiger charge is 2.47. The van der Waals surface area contributed by atoms with Gasteiger partial charge in [0.15, 0.2) is 5.82 Å². The van der Waals surface area contributed by atoms with Crippen LogP contribution in [0.5, 0.6) is 0 Å². The van der Waals surface area contributed by atoms with Gasteiger partial charge in [-0.25, -0.2) is 9.97 Å². The minimum atomic E-state index is -0.585. The Kier molecular flexibility index (Phi) is 9.36. The molecule has 0 atom stereocenters. The van der Waals surface area contributed by atoms with E-state index in [1.165, 1.54) is 22.3 Å². The van der Waals surface area contributed by atoms with Gasteiger partial charge in [0.05, 0.1) is 39.6 Å². The molecule has 0 radical (unpaired) electrons. The van der Waals surface area contributed by atoms with E-state index in [9.17, 15) is 0 Å². The maximum absolute atomic E-state index is 5.19. The lowest BCUT2D eigenvalue weighted by atomic mass is 9.62. The molecular weight excluding hydrogens is 753 g/mol. The molecule has 0 fully saturated rings. The Balaban J connectivity index is 1.12. The molecule has 0 bridgehead atoms. The molecule has 10 aromatic rings. The van der Waals surface area contributed by atoms with Gasteiger partial charge in [-0.2, -0.15) is 0 Å². The van der Waals surface area contributed by atoms with Crippen LogP contribution in [0.4, 0.5) is 17.1 Å². The number of anilines is 3. The predicted octanol–water partition coefficient (Wildman–Crippen LogP) is 14.4. The zero-order chi connectivity index (χ0) is 41.3. The molecule has 0 saturated heterocycles. The fraction of sp³-hybridized carbons (Fsp3) is 0.0172. The van der Waals surface area contributed by atoms with Crippen LogP contribution in [0, 0.1) is 0 Å². The van der Waals surface area contributed by atoms with Crippen molar-refractivity contribution in [2.75, 3.05) is 4.90 Å². The maximum atomic E-state index is 5.19. The number of hydrogen-bond donors (Lipinski definition) is 0. The molecule has 62 heavy (non-hydrogen) atoms. The number of nitrogens with zero attached hydrogens (tertiary/aromatic N) is 4. The van der Waals surface area contributed by atoms with Gasteiger partial charge in [0.1, 0.15) is 0 Å². The van der Waals surface area contributed by atoms with E-state index in [-0.39, 0.29) is 0 Å². The highest BCUT2D eigenvalue weighted by molar-refractivity contribution is 6.00. The molecule has 0 saturated carbocycles. The Labute approximate surface area is 362 Å². The molecule has 0 amide bonds. The summed E-state index contributed by atoms with van der Waals surface area (Å²) in [6.45, 7) is 0. The Hall–Kier alpha value is -8.21. The molecule has 1 aliphatic heterocycles. The number of pyridine rings is 1. The minimum absolute atomic E-state index is 0.585. The van der Waals surface area contributed by atoms with E-state index in [4.69, 9.17) is 15.0 Å². The zero-order valence-corrected chi connectivity index (χ0v) is 33.9. The summed E-state index contributed by atoms with van der Waals surface area (Å²) in [4.78, 5) is 17.8. The van der Waals surface area contributed by atoms with Crippen LogP contribution >= 0.6 is 0 Å². The lowest BCUT2D eigenvalue weighted by molar-refractivity contribution is 0.731. The quantitative estimate of drug-likeness (QED) is 0.154. The first-order valence-corrected chi connectivity index (χ1v) is 21.0. The number of rotatable bonds is 8. The van der Waals surface area contributed by atoms with Gasteiger partial charge in [-0.05, 0) is 52.1 Å². The second-order valence-corrected chi connectivity index (χ2v) is 15.5. The van der Waals surface area contributed by atoms with Crippen LogP contribution in [0.3, 0.4) is 0 Å². The summed E-state index contributed by atoms with van der Waals surface area (Å²) in [5, 5.41) is 0. The van der Waals surface area contributed by atoms with Crippen LogP contribution in [0.15, 0.2) is 243 Å². The van der Waals surface area contributed by atoms with Crippen LogP contribution < -0.4 is 4.90 Å². The van der Waals surface area contributed by atoms with Crippen molar-refractivity contribution in [1.29, 1.82) is 0 Å². The Morgan fingerprint density at radius 1 is 0.355 bits per heavy atom. The number of para-hydroxylation sites is 2. The van der Waals surface area contributed by atoms with Crippen LogP contribution in [-0.4, -0.2) is 15.0 Å². The van der Waals surface area contributed by atoms with Gasteiger partial charge in [-0.15, -0.1) is 0 Å². The maximum Gasteiger partial charge on any atom is 0.160 e. The number of benzene rings is 8. The lowest BCUT2D eigenvalue weighted by Gasteiger charge is -2.47. The van der Waals surface area contributed by atoms with Gasteiger partial charge in [-0.1, -0.05) is 212 Å². The predicted molar refractivity (Wildman–Crippen MR) is 254 cm³/mol. The molecular formula is C58H40N4. The summed E-state index contributed by atoms with van der Waals surface area (Å²) < 4.78 is 0. The van der Waals surface area contributed by atoms with E-state index >= 15 is 0 Å². The lowest BCUT2D eigenvalue weighted by Crippen LogP contribution is -2.38. The fourth-order valence-electron chi connectivity index (χ4n) is 9.26. The Morgan fingerprint density at radius 3 is 1.31 bits per heavy atom. The standard InChI is InChI=1S/C58H40N4/c1-6-20-42(21-7-1)51-40-52(61-57(60-51)45-24-10-3-11-25-45)43-36-34-41(35-37-43)48-38-39-59-55(44-22-8-2-9-23-44)56(48)62-53-32-18-16-30-49(53)58(46-26-12-4-13-27-46,47-28-14-5-15-29-47)50-31-17-19-33-54(50)62/h1-40H. The van der Waals surface area contributed by atoms with Gasteiger partial charge in [0.25, 0.3) is 0 Å². The van der Waals surface area contributed by atoms with E-state index in [1.54, 1.807) is 0 Å². The largest absolute Gasteiger partial charge is 0.307 e. The molecule has 4 nitrogen and oxygen atoms in total. The molecule has 11 rings (SSSR count). The van der Waals surface area contributed by atoms with Crippen LogP contribution in [-0.2, 0) is 5.41 Å². The van der Waals surface area contributed by atoms with Crippen molar-refractivity contribution in [3.8, 4) is 56.3 Å². The van der Waals surface area contributed by atoms with Crippen LogP contribution in [0.1, 0.15) is 22.3 Å². The SMILES string of the molecule is c1ccc(-c2cc(-c3ccc(-c4ccnc(-c5ccccc5)c4N4c5ccccc5C(c5ccccc5)(c5ccccc5)c5ccccc54)cc3)nc(-c3ccccc3)n2)cc1.